The van der Waals surface area contributed by atoms with Crippen molar-refractivity contribution in [1.82, 2.24) is 15.1 Å². The smallest absolute Gasteiger partial charge is 0.0716 e. The normalized spacial score (nSPS) is 10.9. The first-order valence-corrected chi connectivity index (χ1v) is 7.04. The molecule has 0 aliphatic rings. The van der Waals surface area contributed by atoms with E-state index in [0.717, 1.165) is 25.3 Å². The Bertz CT molecular complexity index is 548. The topological polar surface area (TPSA) is 39.1 Å². The Morgan fingerprint density at radius 2 is 1.95 bits per heavy atom. The van der Waals surface area contributed by atoms with E-state index in [1.54, 1.807) is 7.11 Å². The summed E-state index contributed by atoms with van der Waals surface area (Å²) in [6, 6.07) is 10.5. The minimum atomic E-state index is 0.657. The molecule has 1 aromatic heterocycles. The summed E-state index contributed by atoms with van der Waals surface area (Å²) >= 11 is 0. The van der Waals surface area contributed by atoms with Gasteiger partial charge in [-0.2, -0.15) is 5.10 Å². The van der Waals surface area contributed by atoms with Crippen molar-refractivity contribution in [1.29, 1.82) is 0 Å². The van der Waals surface area contributed by atoms with E-state index in [2.05, 4.69) is 41.6 Å². The number of rotatable bonds is 7. The lowest BCUT2D eigenvalue weighted by Gasteiger charge is -2.10. The average Bonchev–Trinajstić information content (AvgIpc) is 2.81. The lowest BCUT2D eigenvalue weighted by molar-refractivity contribution is 0.184. The molecule has 1 aromatic carbocycles. The maximum Gasteiger partial charge on any atom is 0.0716 e. The van der Waals surface area contributed by atoms with Gasteiger partial charge in [-0.05, 0) is 31.0 Å². The number of aromatic nitrogens is 2. The fourth-order valence-corrected chi connectivity index (χ4v) is 2.37. The number of benzene rings is 1. The molecule has 20 heavy (non-hydrogen) atoms. The van der Waals surface area contributed by atoms with Crippen LogP contribution in [0.15, 0.2) is 30.3 Å². The second kappa shape index (κ2) is 7.22. The van der Waals surface area contributed by atoms with Gasteiger partial charge in [0.15, 0.2) is 0 Å². The molecule has 4 nitrogen and oxygen atoms in total. The number of nitrogens with one attached hydrogen (secondary N) is 1. The van der Waals surface area contributed by atoms with E-state index in [-0.39, 0.29) is 0 Å². The van der Waals surface area contributed by atoms with Crippen molar-refractivity contribution in [2.75, 3.05) is 7.11 Å². The summed E-state index contributed by atoms with van der Waals surface area (Å²) in [7, 11) is 1.73. The molecule has 108 valence electrons. The summed E-state index contributed by atoms with van der Waals surface area (Å²) in [5.41, 5.74) is 4.83. The van der Waals surface area contributed by atoms with Crippen molar-refractivity contribution in [3.63, 3.8) is 0 Å². The Hall–Kier alpha value is -1.65. The largest absolute Gasteiger partial charge is 0.380 e. The van der Waals surface area contributed by atoms with Crippen LogP contribution in [-0.4, -0.2) is 16.9 Å². The van der Waals surface area contributed by atoms with Crippen molar-refractivity contribution >= 4 is 0 Å². The third-order valence-corrected chi connectivity index (χ3v) is 3.32. The molecule has 0 saturated heterocycles. The molecular weight excluding hydrogens is 250 g/mol. The summed E-state index contributed by atoms with van der Waals surface area (Å²) in [5.74, 6) is 0. The minimum Gasteiger partial charge on any atom is -0.380 e. The molecule has 0 amide bonds. The van der Waals surface area contributed by atoms with Crippen LogP contribution in [0.2, 0.25) is 0 Å². The molecular formula is C16H23N3O. The van der Waals surface area contributed by atoms with Crippen molar-refractivity contribution in [2.45, 2.75) is 40.1 Å². The summed E-state index contributed by atoms with van der Waals surface area (Å²) in [6.07, 6.45) is 0. The Kier molecular flexibility index (Phi) is 5.32. The van der Waals surface area contributed by atoms with Crippen molar-refractivity contribution in [3.8, 4) is 0 Å². The molecule has 0 unspecified atom stereocenters. The van der Waals surface area contributed by atoms with Crippen LogP contribution in [0, 0.1) is 6.92 Å². The molecule has 0 radical (unpaired) electrons. The van der Waals surface area contributed by atoms with Crippen LogP contribution in [0.1, 0.15) is 29.4 Å². The Morgan fingerprint density at radius 3 is 2.65 bits per heavy atom. The number of nitrogens with zero attached hydrogens (tertiary/aromatic N) is 2. The lowest BCUT2D eigenvalue weighted by Crippen LogP contribution is -2.17. The van der Waals surface area contributed by atoms with Gasteiger partial charge in [0.25, 0.3) is 0 Å². The molecule has 1 N–H and O–H groups in total. The molecule has 0 fully saturated rings. The number of hydrogen-bond donors (Lipinski definition) is 1. The van der Waals surface area contributed by atoms with Gasteiger partial charge >= 0.3 is 0 Å². The monoisotopic (exact) mass is 273 g/mol. The molecule has 0 aliphatic carbocycles. The molecule has 2 aromatic rings. The second-order valence-electron chi connectivity index (χ2n) is 4.90. The van der Waals surface area contributed by atoms with Gasteiger partial charge in [-0.1, -0.05) is 24.3 Å². The number of ether oxygens (including phenoxy) is 1. The second-order valence-corrected chi connectivity index (χ2v) is 4.90. The molecule has 0 atom stereocenters. The van der Waals surface area contributed by atoms with Crippen LogP contribution in [0.3, 0.4) is 0 Å². The third-order valence-electron chi connectivity index (χ3n) is 3.32. The van der Waals surface area contributed by atoms with Gasteiger partial charge < -0.3 is 10.1 Å². The van der Waals surface area contributed by atoms with E-state index in [0.29, 0.717) is 6.61 Å². The molecule has 0 aliphatic heterocycles. The van der Waals surface area contributed by atoms with Gasteiger partial charge in [-0.15, -0.1) is 0 Å². The van der Waals surface area contributed by atoms with Crippen molar-refractivity contribution < 1.29 is 4.74 Å². The van der Waals surface area contributed by atoms with E-state index >= 15 is 0 Å². The van der Waals surface area contributed by atoms with Gasteiger partial charge in [-0.3, -0.25) is 4.68 Å². The molecule has 4 heteroatoms. The fourth-order valence-electron chi connectivity index (χ4n) is 2.37. The predicted octanol–water partition coefficient (Wildman–Crippen LogP) is 2.65. The van der Waals surface area contributed by atoms with Crippen molar-refractivity contribution in [3.05, 3.63) is 52.8 Å². The van der Waals surface area contributed by atoms with E-state index in [9.17, 15) is 0 Å². The summed E-state index contributed by atoms with van der Waals surface area (Å²) in [4.78, 5) is 0. The summed E-state index contributed by atoms with van der Waals surface area (Å²) < 4.78 is 7.28. The first-order chi connectivity index (χ1) is 9.74. The molecule has 0 spiro atoms. The highest BCUT2D eigenvalue weighted by Gasteiger charge is 2.05. The zero-order chi connectivity index (χ0) is 14.4. The van der Waals surface area contributed by atoms with Crippen LogP contribution in [0.4, 0.5) is 0 Å². The van der Waals surface area contributed by atoms with E-state index in [4.69, 9.17) is 4.74 Å². The van der Waals surface area contributed by atoms with E-state index in [1.807, 2.05) is 17.7 Å². The maximum atomic E-state index is 5.23. The quantitative estimate of drug-likeness (QED) is 0.843. The van der Waals surface area contributed by atoms with Crippen LogP contribution in [-0.2, 0) is 31.0 Å². The first-order valence-electron chi connectivity index (χ1n) is 7.04. The third kappa shape index (κ3) is 3.68. The predicted molar refractivity (Wildman–Crippen MR) is 80.3 cm³/mol. The Morgan fingerprint density at radius 1 is 1.20 bits per heavy atom. The minimum absolute atomic E-state index is 0.657. The Labute approximate surface area is 120 Å². The zero-order valence-electron chi connectivity index (χ0n) is 12.5. The van der Waals surface area contributed by atoms with Crippen LogP contribution in [0.25, 0.3) is 0 Å². The van der Waals surface area contributed by atoms with Crippen molar-refractivity contribution in [2.24, 2.45) is 0 Å². The van der Waals surface area contributed by atoms with E-state index < -0.39 is 0 Å². The maximum absolute atomic E-state index is 5.23. The standard InChI is InChI=1S/C16H23N3O/c1-4-19-16(9-13(2)18-19)11-17-10-14-7-5-6-8-15(14)12-20-3/h5-9,17H,4,10-12H2,1-3H3. The lowest BCUT2D eigenvalue weighted by atomic mass is 10.1. The van der Waals surface area contributed by atoms with Crippen LogP contribution in [0.5, 0.6) is 0 Å². The molecule has 0 saturated carbocycles. The number of methoxy groups -OCH3 is 1. The van der Waals surface area contributed by atoms with Gasteiger partial charge in [0, 0.05) is 26.7 Å². The van der Waals surface area contributed by atoms with Crippen LogP contribution >= 0.6 is 0 Å². The van der Waals surface area contributed by atoms with Crippen LogP contribution < -0.4 is 5.32 Å². The van der Waals surface area contributed by atoms with Gasteiger partial charge in [0.2, 0.25) is 0 Å². The molecule has 0 bridgehead atoms. The fraction of sp³-hybridized carbons (Fsp3) is 0.438. The molecule has 1 heterocycles. The van der Waals surface area contributed by atoms with Gasteiger partial charge in [-0.25, -0.2) is 0 Å². The SMILES string of the molecule is CCn1nc(C)cc1CNCc1ccccc1COC. The highest BCUT2D eigenvalue weighted by molar-refractivity contribution is 5.26. The van der Waals surface area contributed by atoms with Gasteiger partial charge in [0.05, 0.1) is 18.0 Å². The number of hydrogen-bond acceptors (Lipinski definition) is 3. The summed E-state index contributed by atoms with van der Waals surface area (Å²) in [5, 5.41) is 7.95. The highest BCUT2D eigenvalue weighted by atomic mass is 16.5. The van der Waals surface area contributed by atoms with Gasteiger partial charge in [0.1, 0.15) is 0 Å². The highest BCUT2D eigenvalue weighted by Crippen LogP contribution is 2.10. The average molecular weight is 273 g/mol. The number of aryl methyl sites for hydroxylation is 2. The summed E-state index contributed by atoms with van der Waals surface area (Å²) in [6.45, 7) is 7.38. The zero-order valence-corrected chi connectivity index (χ0v) is 12.5. The first kappa shape index (κ1) is 14.8. The Balaban J connectivity index is 1.95. The van der Waals surface area contributed by atoms with E-state index in [1.165, 1.54) is 16.8 Å². The molecule has 2 rings (SSSR count).